The number of benzene rings is 5. The molecule has 1 saturated heterocycles. The molecule has 1 aliphatic carbocycles. The van der Waals surface area contributed by atoms with Crippen molar-refractivity contribution in [2.75, 3.05) is 83.1 Å². The van der Waals surface area contributed by atoms with Crippen molar-refractivity contribution in [2.24, 2.45) is 0 Å². The van der Waals surface area contributed by atoms with E-state index in [2.05, 4.69) is 62.5 Å². The molecule has 1 fully saturated rings. The molecule has 3 aliphatic rings. The molecule has 0 spiro atoms. The fourth-order valence-electron chi connectivity index (χ4n) is 8.71. The zero-order valence-electron chi connectivity index (χ0n) is 43.7. The fourth-order valence-corrected chi connectivity index (χ4v) is 9.22. The molecule has 1 unspecified atom stereocenters. The zero-order chi connectivity index (χ0) is 56.5. The Morgan fingerprint density at radius 2 is 1.33 bits per heavy atom. The molecule has 5 amide bonds. The molecule has 19 nitrogen and oxygen atoms in total. The van der Waals surface area contributed by atoms with E-state index in [1.165, 1.54) is 56.0 Å². The summed E-state index contributed by atoms with van der Waals surface area (Å²) in [6.45, 7) is 10.8. The second kappa shape index (κ2) is 28.7. The minimum absolute atomic E-state index is 0.0339. The van der Waals surface area contributed by atoms with Crippen molar-refractivity contribution in [1.82, 2.24) is 36.0 Å². The number of hydrogen-bond donors (Lipinski definition) is 8. The van der Waals surface area contributed by atoms with Gasteiger partial charge in [0.15, 0.2) is 10.5 Å². The molecule has 22 heteroatoms. The number of nitrogens with one attached hydrogen (secondary N) is 6. The Bertz CT molecular complexity index is 3180. The zero-order valence-corrected chi connectivity index (χ0v) is 46.0. The Hall–Kier alpha value is -7.62. The smallest absolute Gasteiger partial charge is 0.336 e. The summed E-state index contributed by atoms with van der Waals surface area (Å²) in [4.78, 5) is 95.0. The number of nitrogens with zero attached hydrogens (tertiary/aromatic N) is 3. The van der Waals surface area contributed by atoms with Crippen molar-refractivity contribution in [2.45, 2.75) is 46.1 Å². The standard InChI is InChI=1S/C50H48Cl2N8O10S.C6H15N/c1-59(47(67)18-28-7-14-38(51)39(52)17-28)40(27-60-15-2-3-16-60)29-5-4-6-30(19-29)57-46(66)26-55-44(64)24-53-43(63)23-54-45(65)25-56-50(71)58-31-8-11-34(37(20-31)49(68)69)48-35-12-9-32(61)21-41(35)70-42-22-33(62)10-13-36(42)48;1-4-7(5-2)6-3/h4-14,17,19-22,40,61H,2-3,15-16,18,23-27H2,1H3,(H,53,63)(H,54,65)(H,55,64)(H,57,66)(H,68,69)(H2,56,58,71);4-6H2,1-3H3. The van der Waals surface area contributed by atoms with Crippen LogP contribution in [0.2, 0.25) is 10.0 Å². The third kappa shape index (κ3) is 16.9. The summed E-state index contributed by atoms with van der Waals surface area (Å²) in [6.07, 6.45) is 2.25. The lowest BCUT2D eigenvalue weighted by molar-refractivity contribution is -0.131. The van der Waals surface area contributed by atoms with Crippen LogP contribution in [0.15, 0.2) is 106 Å². The summed E-state index contributed by atoms with van der Waals surface area (Å²) in [5.74, 6) is -3.76. The maximum atomic E-state index is 13.5. The number of carbonyl (C=O) groups is 6. The van der Waals surface area contributed by atoms with Gasteiger partial charge in [-0.1, -0.05) is 68.2 Å². The van der Waals surface area contributed by atoms with E-state index < -0.39 is 49.2 Å². The fraction of sp³-hybridized carbons (Fsp3) is 0.321. The number of halogens is 2. The number of amides is 5. The minimum Gasteiger partial charge on any atom is -0.508 e. The van der Waals surface area contributed by atoms with Gasteiger partial charge in [0.05, 0.1) is 54.3 Å². The predicted molar refractivity (Wildman–Crippen MR) is 306 cm³/mol. The Morgan fingerprint density at radius 3 is 1.96 bits per heavy atom. The molecule has 0 radical (unpaired) electrons. The minimum atomic E-state index is -1.27. The van der Waals surface area contributed by atoms with Crippen molar-refractivity contribution in [1.29, 1.82) is 0 Å². The number of aromatic carboxylic acids is 1. The van der Waals surface area contributed by atoms with Crippen LogP contribution in [-0.2, 0) is 30.4 Å². The number of carbonyl (C=O) groups excluding carboxylic acids is 5. The molecule has 7 rings (SSSR count). The van der Waals surface area contributed by atoms with Crippen molar-refractivity contribution < 1.29 is 43.4 Å². The highest BCUT2D eigenvalue weighted by atomic mass is 35.5. The lowest BCUT2D eigenvalue weighted by Gasteiger charge is -2.32. The van der Waals surface area contributed by atoms with Crippen LogP contribution in [0.4, 0.5) is 11.4 Å². The van der Waals surface area contributed by atoms with E-state index in [9.17, 15) is 43.8 Å². The number of likely N-dealkylation sites (tertiary alicyclic amines) is 1. The SMILES string of the molecule is CCN(CC)CC.CN(C(=O)Cc1ccc(Cl)c(Cl)c1)C(CN1CCCC1)c1cccc(NC(=O)CNC(=O)CNC(=O)CNC(=O)CNC(=S)Nc2ccc(-c3c4ccc(=O)cc-4oc4cc(O)ccc34)c(C(=O)O)c2)c1. The molecule has 0 aromatic heterocycles. The largest absolute Gasteiger partial charge is 0.508 e. The molecule has 0 saturated carbocycles. The van der Waals surface area contributed by atoms with Gasteiger partial charge in [-0.25, -0.2) is 4.79 Å². The number of hydrogen-bond acceptors (Lipinski definition) is 12. The Morgan fingerprint density at radius 1 is 0.705 bits per heavy atom. The summed E-state index contributed by atoms with van der Waals surface area (Å²) >= 11 is 17.6. The molecule has 78 heavy (non-hydrogen) atoms. The second-order valence-electron chi connectivity index (χ2n) is 18.3. The third-order valence-electron chi connectivity index (χ3n) is 12.9. The average Bonchev–Trinajstić information content (AvgIpc) is 4.04. The van der Waals surface area contributed by atoms with Gasteiger partial charge in [0.25, 0.3) is 0 Å². The second-order valence-corrected chi connectivity index (χ2v) is 19.5. The quantitative estimate of drug-likeness (QED) is 0.0275. The number of phenolic OH excluding ortho intramolecular Hbond substituents is 1. The van der Waals surface area contributed by atoms with Crippen molar-refractivity contribution in [3.05, 3.63) is 134 Å². The summed E-state index contributed by atoms with van der Waals surface area (Å²) in [6, 6.07) is 25.0. The van der Waals surface area contributed by atoms with E-state index in [4.69, 9.17) is 39.8 Å². The van der Waals surface area contributed by atoms with Gasteiger partial charge in [-0.3, -0.25) is 28.8 Å². The maximum Gasteiger partial charge on any atom is 0.336 e. The average molecular weight is 1130 g/mol. The number of carboxylic acids is 1. The first-order valence-corrected chi connectivity index (χ1v) is 26.5. The molecule has 412 valence electrons. The lowest BCUT2D eigenvalue weighted by atomic mass is 9.90. The summed E-state index contributed by atoms with van der Waals surface area (Å²) < 4.78 is 5.88. The van der Waals surface area contributed by atoms with Crippen LogP contribution < -0.4 is 37.3 Å². The van der Waals surface area contributed by atoms with Crippen LogP contribution in [0.5, 0.6) is 5.75 Å². The number of aromatic hydroxyl groups is 1. The van der Waals surface area contributed by atoms with Crippen molar-refractivity contribution in [3.8, 4) is 28.2 Å². The summed E-state index contributed by atoms with van der Waals surface area (Å²) in [5, 5.41) is 37.1. The van der Waals surface area contributed by atoms with Gasteiger partial charge < -0.3 is 61.2 Å². The topological polar surface area (TPSA) is 255 Å². The summed E-state index contributed by atoms with van der Waals surface area (Å²) in [7, 11) is 1.75. The molecular weight excluding hydrogens is 1060 g/mol. The normalized spacial score (nSPS) is 12.5. The lowest BCUT2D eigenvalue weighted by Crippen LogP contribution is -2.45. The Labute approximate surface area is 467 Å². The molecule has 4 aromatic rings. The van der Waals surface area contributed by atoms with Crippen LogP contribution in [-0.4, -0.2) is 138 Å². The highest BCUT2D eigenvalue weighted by molar-refractivity contribution is 7.80. The highest BCUT2D eigenvalue weighted by Gasteiger charge is 2.27. The van der Waals surface area contributed by atoms with Gasteiger partial charge in [-0.2, -0.15) is 0 Å². The van der Waals surface area contributed by atoms with Gasteiger partial charge in [0, 0.05) is 53.6 Å². The number of carboxylic acid groups (broad SMARTS) is 1. The van der Waals surface area contributed by atoms with E-state index in [0.29, 0.717) is 44.4 Å². The van der Waals surface area contributed by atoms with Gasteiger partial charge in [-0.05, 0) is 135 Å². The number of rotatable bonds is 21. The van der Waals surface area contributed by atoms with E-state index in [-0.39, 0.29) is 63.8 Å². The molecule has 1 atom stereocenters. The van der Waals surface area contributed by atoms with Gasteiger partial charge in [0.1, 0.15) is 17.1 Å². The van der Waals surface area contributed by atoms with Crippen LogP contribution in [0, 0.1) is 0 Å². The molecule has 8 N–H and O–H groups in total. The monoisotopic (exact) mass is 1120 g/mol. The summed E-state index contributed by atoms with van der Waals surface area (Å²) in [5.41, 5.74) is 3.30. The van der Waals surface area contributed by atoms with E-state index >= 15 is 0 Å². The number of phenols is 1. The predicted octanol–water partition coefficient (Wildman–Crippen LogP) is 6.74. The van der Waals surface area contributed by atoms with E-state index in [1.807, 2.05) is 6.07 Å². The number of anilines is 2. The molecule has 2 heterocycles. The van der Waals surface area contributed by atoms with Gasteiger partial charge >= 0.3 is 5.97 Å². The first-order chi connectivity index (χ1) is 37.3. The van der Waals surface area contributed by atoms with Crippen molar-refractivity contribution in [3.63, 3.8) is 0 Å². The number of fused-ring (bicyclic) bond motifs is 2. The van der Waals surface area contributed by atoms with Crippen LogP contribution in [0.25, 0.3) is 33.4 Å². The van der Waals surface area contributed by atoms with Crippen LogP contribution in [0.3, 0.4) is 0 Å². The maximum absolute atomic E-state index is 13.5. The molecule has 0 bridgehead atoms. The van der Waals surface area contributed by atoms with Gasteiger partial charge in [-0.15, -0.1) is 0 Å². The molecule has 2 aliphatic heterocycles. The van der Waals surface area contributed by atoms with E-state index in [1.54, 1.807) is 66.5 Å². The first-order valence-electron chi connectivity index (χ1n) is 25.3. The molecule has 4 aromatic carbocycles. The van der Waals surface area contributed by atoms with Crippen molar-refractivity contribution >= 4 is 98.4 Å². The van der Waals surface area contributed by atoms with Crippen LogP contribution in [0.1, 0.15) is 61.1 Å². The number of likely N-dealkylation sites (N-methyl/N-ethyl adjacent to an activating group) is 1. The van der Waals surface area contributed by atoms with Crippen LogP contribution >= 0.6 is 35.4 Å². The van der Waals surface area contributed by atoms with E-state index in [0.717, 1.165) is 37.1 Å². The third-order valence-corrected chi connectivity index (χ3v) is 13.9. The first kappa shape index (κ1) is 59.6. The Balaban J connectivity index is 0.00000131. The highest BCUT2D eigenvalue weighted by Crippen LogP contribution is 2.42. The van der Waals surface area contributed by atoms with Gasteiger partial charge in [0.2, 0.25) is 29.5 Å². The Kier molecular flexibility index (Phi) is 21.9. The molecular formula is C56H63Cl2N9O10S. The number of thiocarbonyl (C=S) groups is 1.